The highest BCUT2D eigenvalue weighted by Crippen LogP contribution is 2.26. The molecule has 0 aromatic heterocycles. The molecular weight excluding hydrogens is 238 g/mol. The summed E-state index contributed by atoms with van der Waals surface area (Å²) in [6.07, 6.45) is 2.35. The molecule has 1 aromatic rings. The summed E-state index contributed by atoms with van der Waals surface area (Å²) in [5.41, 5.74) is 3.66. The number of rotatable bonds is 7. The Morgan fingerprint density at radius 3 is 2.88 bits per heavy atom. The molecule has 0 heterocycles. The molecule has 0 unspecified atom stereocenters. The van der Waals surface area contributed by atoms with Crippen LogP contribution in [-0.2, 0) is 5.75 Å². The maximum atomic E-state index is 10.8. The zero-order chi connectivity index (χ0) is 12.7. The van der Waals surface area contributed by atoms with E-state index < -0.39 is 4.92 Å². The Bertz CT molecular complexity index is 385. The molecule has 5 nitrogen and oxygen atoms in total. The van der Waals surface area contributed by atoms with Crippen LogP contribution in [0.3, 0.4) is 0 Å². The highest BCUT2D eigenvalue weighted by atomic mass is 32.2. The molecular formula is C11H17N3O2S. The average Bonchev–Trinajstić information content (AvgIpc) is 2.34. The first-order chi connectivity index (χ1) is 8.19. The summed E-state index contributed by atoms with van der Waals surface area (Å²) < 4.78 is 0. The molecule has 1 aromatic carbocycles. The van der Waals surface area contributed by atoms with E-state index in [0.717, 1.165) is 17.1 Å². The van der Waals surface area contributed by atoms with E-state index in [1.165, 1.54) is 12.8 Å². The van der Waals surface area contributed by atoms with Crippen LogP contribution in [0.15, 0.2) is 18.2 Å². The molecule has 0 bridgehead atoms. The minimum Gasteiger partial charge on any atom is -0.318 e. The van der Waals surface area contributed by atoms with Crippen molar-refractivity contribution >= 4 is 23.1 Å². The van der Waals surface area contributed by atoms with Gasteiger partial charge in [-0.2, -0.15) is 11.8 Å². The molecule has 0 aliphatic heterocycles. The smallest absolute Gasteiger partial charge is 0.293 e. The number of hydrogen-bond donors (Lipinski definition) is 2. The summed E-state index contributed by atoms with van der Waals surface area (Å²) in [5.74, 6) is 7.10. The molecule has 0 aliphatic carbocycles. The van der Waals surface area contributed by atoms with Crippen LogP contribution in [0.4, 0.5) is 11.4 Å². The highest BCUT2D eigenvalue weighted by molar-refractivity contribution is 7.98. The van der Waals surface area contributed by atoms with E-state index in [2.05, 4.69) is 12.3 Å². The average molecular weight is 255 g/mol. The number of thioether (sulfide) groups is 1. The Kier molecular flexibility index (Phi) is 5.79. The maximum Gasteiger partial charge on any atom is 0.293 e. The van der Waals surface area contributed by atoms with Crippen molar-refractivity contribution in [1.29, 1.82) is 0 Å². The van der Waals surface area contributed by atoms with Gasteiger partial charge < -0.3 is 5.43 Å². The zero-order valence-corrected chi connectivity index (χ0v) is 10.6. The predicted molar refractivity (Wildman–Crippen MR) is 72.0 cm³/mol. The van der Waals surface area contributed by atoms with Crippen LogP contribution in [0.25, 0.3) is 0 Å². The number of anilines is 1. The number of benzene rings is 1. The summed E-state index contributed by atoms with van der Waals surface area (Å²) in [5, 5.41) is 10.8. The van der Waals surface area contributed by atoms with Gasteiger partial charge in [0.2, 0.25) is 0 Å². The van der Waals surface area contributed by atoms with E-state index in [9.17, 15) is 10.1 Å². The molecule has 1 rings (SSSR count). The molecule has 17 heavy (non-hydrogen) atoms. The van der Waals surface area contributed by atoms with E-state index in [1.54, 1.807) is 23.9 Å². The Morgan fingerprint density at radius 1 is 1.53 bits per heavy atom. The second-order valence-corrected chi connectivity index (χ2v) is 4.76. The van der Waals surface area contributed by atoms with Crippen LogP contribution in [0.1, 0.15) is 25.3 Å². The van der Waals surface area contributed by atoms with Gasteiger partial charge in [0.05, 0.1) is 4.92 Å². The van der Waals surface area contributed by atoms with Crippen LogP contribution in [0.5, 0.6) is 0 Å². The van der Waals surface area contributed by atoms with Crippen molar-refractivity contribution in [2.75, 3.05) is 11.2 Å². The predicted octanol–water partition coefficient (Wildman–Crippen LogP) is 2.91. The minimum absolute atomic E-state index is 0.0288. The van der Waals surface area contributed by atoms with E-state index in [-0.39, 0.29) is 5.69 Å². The third-order valence-corrected chi connectivity index (χ3v) is 3.44. The standard InChI is InChI=1S/C11H17N3O2S/c1-2-3-6-17-8-9-4-5-10(13-12)11(7-9)14(15)16/h4-5,7,13H,2-3,6,8,12H2,1H3. The van der Waals surface area contributed by atoms with Crippen molar-refractivity contribution in [2.24, 2.45) is 5.84 Å². The van der Waals surface area contributed by atoms with Gasteiger partial charge in [0.25, 0.3) is 5.69 Å². The van der Waals surface area contributed by atoms with Crippen LogP contribution in [0.2, 0.25) is 0 Å². The SMILES string of the molecule is CCCCSCc1ccc(NN)c([N+](=O)[O-])c1. The van der Waals surface area contributed by atoms with E-state index >= 15 is 0 Å². The Hall–Kier alpha value is -1.27. The number of nitro groups is 1. The van der Waals surface area contributed by atoms with Crippen molar-refractivity contribution < 1.29 is 4.92 Å². The summed E-state index contributed by atoms with van der Waals surface area (Å²) >= 11 is 1.79. The third kappa shape index (κ3) is 4.24. The van der Waals surface area contributed by atoms with Gasteiger partial charge in [-0.25, -0.2) is 0 Å². The molecule has 0 atom stereocenters. The van der Waals surface area contributed by atoms with Crippen molar-refractivity contribution in [3.8, 4) is 0 Å². The summed E-state index contributed by atoms with van der Waals surface area (Å²) in [6, 6.07) is 5.09. The molecule has 0 spiro atoms. The van der Waals surface area contributed by atoms with Crippen molar-refractivity contribution in [2.45, 2.75) is 25.5 Å². The molecule has 94 valence electrons. The number of nitrogens with two attached hydrogens (primary N) is 1. The van der Waals surface area contributed by atoms with E-state index in [4.69, 9.17) is 5.84 Å². The highest BCUT2D eigenvalue weighted by Gasteiger charge is 2.13. The van der Waals surface area contributed by atoms with Crippen LogP contribution >= 0.6 is 11.8 Å². The molecule has 0 saturated heterocycles. The van der Waals surface area contributed by atoms with E-state index in [1.807, 2.05) is 6.07 Å². The molecule has 0 saturated carbocycles. The monoisotopic (exact) mass is 255 g/mol. The van der Waals surface area contributed by atoms with Crippen LogP contribution < -0.4 is 11.3 Å². The van der Waals surface area contributed by atoms with Gasteiger partial charge in [-0.3, -0.25) is 16.0 Å². The first-order valence-corrected chi connectivity index (χ1v) is 6.66. The molecule has 6 heteroatoms. The number of hydrazine groups is 1. The maximum absolute atomic E-state index is 10.8. The number of hydrogen-bond acceptors (Lipinski definition) is 5. The van der Waals surface area contributed by atoms with Gasteiger partial charge in [0.15, 0.2) is 0 Å². The summed E-state index contributed by atoms with van der Waals surface area (Å²) in [6.45, 7) is 2.15. The lowest BCUT2D eigenvalue weighted by molar-refractivity contribution is -0.384. The Morgan fingerprint density at radius 2 is 2.29 bits per heavy atom. The third-order valence-electron chi connectivity index (χ3n) is 2.33. The number of nitrogens with zero attached hydrogens (tertiary/aromatic N) is 1. The van der Waals surface area contributed by atoms with Gasteiger partial charge in [0, 0.05) is 11.8 Å². The second-order valence-electron chi connectivity index (χ2n) is 3.66. The first kappa shape index (κ1) is 13.8. The molecule has 0 fully saturated rings. The summed E-state index contributed by atoms with van der Waals surface area (Å²) in [7, 11) is 0. The number of nitrogens with one attached hydrogen (secondary N) is 1. The van der Waals surface area contributed by atoms with Gasteiger partial charge >= 0.3 is 0 Å². The Balaban J connectivity index is 2.68. The molecule has 0 aliphatic rings. The van der Waals surface area contributed by atoms with Gasteiger partial charge in [-0.15, -0.1) is 0 Å². The fourth-order valence-corrected chi connectivity index (χ4v) is 2.43. The molecule has 0 amide bonds. The second kappa shape index (κ2) is 7.13. The van der Waals surface area contributed by atoms with Crippen molar-refractivity contribution in [3.63, 3.8) is 0 Å². The largest absolute Gasteiger partial charge is 0.318 e. The van der Waals surface area contributed by atoms with Crippen LogP contribution in [0, 0.1) is 10.1 Å². The lowest BCUT2D eigenvalue weighted by Crippen LogP contribution is -2.09. The quantitative estimate of drug-likeness (QED) is 0.339. The van der Waals surface area contributed by atoms with Gasteiger partial charge in [-0.05, 0) is 23.8 Å². The van der Waals surface area contributed by atoms with Crippen molar-refractivity contribution in [1.82, 2.24) is 0 Å². The number of unbranched alkanes of at least 4 members (excludes halogenated alkanes) is 1. The fraction of sp³-hybridized carbons (Fsp3) is 0.455. The van der Waals surface area contributed by atoms with Crippen molar-refractivity contribution in [3.05, 3.63) is 33.9 Å². The lowest BCUT2D eigenvalue weighted by Gasteiger charge is -2.05. The molecule has 3 N–H and O–H groups in total. The normalized spacial score (nSPS) is 10.2. The summed E-state index contributed by atoms with van der Waals surface area (Å²) in [4.78, 5) is 10.4. The first-order valence-electron chi connectivity index (χ1n) is 5.50. The minimum atomic E-state index is -0.421. The van der Waals surface area contributed by atoms with Gasteiger partial charge in [-0.1, -0.05) is 19.4 Å². The number of nitro benzene ring substituents is 1. The zero-order valence-electron chi connectivity index (χ0n) is 9.81. The van der Waals surface area contributed by atoms with E-state index in [0.29, 0.717) is 5.69 Å². The molecule has 0 radical (unpaired) electrons. The topological polar surface area (TPSA) is 81.2 Å². The van der Waals surface area contributed by atoms with Crippen LogP contribution in [-0.4, -0.2) is 10.7 Å². The fourth-order valence-electron chi connectivity index (χ4n) is 1.38. The Labute approximate surface area is 105 Å². The lowest BCUT2D eigenvalue weighted by atomic mass is 10.2. The number of nitrogen functional groups attached to an aromatic ring is 1. The van der Waals surface area contributed by atoms with Gasteiger partial charge in [0.1, 0.15) is 5.69 Å².